The lowest BCUT2D eigenvalue weighted by Gasteiger charge is -2.12. The Morgan fingerprint density at radius 1 is 1.44 bits per heavy atom. The van der Waals surface area contributed by atoms with Crippen LogP contribution in [0.15, 0.2) is 36.9 Å². The van der Waals surface area contributed by atoms with Gasteiger partial charge in [-0.3, -0.25) is 11.3 Å². The maximum atomic E-state index is 12.4. The Morgan fingerprint density at radius 3 is 2.62 bits per heavy atom. The van der Waals surface area contributed by atoms with Crippen molar-refractivity contribution in [3.8, 4) is 0 Å². The Kier molecular flexibility index (Phi) is 4.09. The molecular weight excluding hydrogens is 217 g/mol. The van der Waals surface area contributed by atoms with E-state index < -0.39 is 11.7 Å². The summed E-state index contributed by atoms with van der Waals surface area (Å²) in [6.07, 6.45) is -2.37. The number of halogens is 3. The first-order valence-electron chi connectivity index (χ1n) is 4.72. The van der Waals surface area contributed by atoms with Gasteiger partial charge in [-0.05, 0) is 18.1 Å². The molecule has 16 heavy (non-hydrogen) atoms. The van der Waals surface area contributed by atoms with Crippen LogP contribution in [-0.2, 0) is 12.6 Å². The average Bonchev–Trinajstić information content (AvgIpc) is 2.25. The Morgan fingerprint density at radius 2 is 2.12 bits per heavy atom. The van der Waals surface area contributed by atoms with E-state index in [1.54, 1.807) is 12.1 Å². The lowest BCUT2D eigenvalue weighted by molar-refractivity contribution is -0.137. The summed E-state index contributed by atoms with van der Waals surface area (Å²) in [6, 6.07) is 4.94. The van der Waals surface area contributed by atoms with Crippen molar-refractivity contribution in [2.75, 3.05) is 0 Å². The molecule has 0 amide bonds. The zero-order chi connectivity index (χ0) is 12.2. The number of hydrogen-bond donors (Lipinski definition) is 2. The van der Waals surface area contributed by atoms with Crippen LogP contribution >= 0.6 is 0 Å². The number of nitrogens with two attached hydrogens (primary N) is 1. The molecule has 0 radical (unpaired) electrons. The normalized spacial score (nSPS) is 13.5. The second kappa shape index (κ2) is 5.14. The molecule has 1 unspecified atom stereocenters. The van der Waals surface area contributed by atoms with Crippen molar-refractivity contribution in [2.45, 2.75) is 18.6 Å². The summed E-state index contributed by atoms with van der Waals surface area (Å²) >= 11 is 0. The first-order valence-corrected chi connectivity index (χ1v) is 4.72. The third kappa shape index (κ3) is 3.36. The molecule has 1 atom stereocenters. The van der Waals surface area contributed by atoms with Crippen molar-refractivity contribution in [3.63, 3.8) is 0 Å². The molecule has 3 N–H and O–H groups in total. The van der Waals surface area contributed by atoms with Crippen molar-refractivity contribution >= 4 is 0 Å². The number of benzene rings is 1. The van der Waals surface area contributed by atoms with Gasteiger partial charge in [0.15, 0.2) is 0 Å². The van der Waals surface area contributed by atoms with E-state index in [0.717, 1.165) is 12.1 Å². The van der Waals surface area contributed by atoms with Crippen LogP contribution in [0.2, 0.25) is 0 Å². The molecule has 0 saturated carbocycles. The van der Waals surface area contributed by atoms with Gasteiger partial charge in [0, 0.05) is 6.04 Å². The number of hydrazine groups is 1. The highest BCUT2D eigenvalue weighted by Gasteiger charge is 2.30. The van der Waals surface area contributed by atoms with Crippen LogP contribution in [0, 0.1) is 0 Å². The van der Waals surface area contributed by atoms with E-state index in [0.29, 0.717) is 12.0 Å². The van der Waals surface area contributed by atoms with Crippen LogP contribution < -0.4 is 11.3 Å². The second-order valence-corrected chi connectivity index (χ2v) is 3.41. The van der Waals surface area contributed by atoms with Crippen LogP contribution in [-0.4, -0.2) is 6.04 Å². The minimum atomic E-state index is -4.31. The Hall–Kier alpha value is -1.33. The van der Waals surface area contributed by atoms with Crippen molar-refractivity contribution in [1.29, 1.82) is 0 Å². The fourth-order valence-electron chi connectivity index (χ4n) is 1.34. The topological polar surface area (TPSA) is 38.0 Å². The third-order valence-electron chi connectivity index (χ3n) is 2.21. The van der Waals surface area contributed by atoms with Gasteiger partial charge in [0.1, 0.15) is 0 Å². The van der Waals surface area contributed by atoms with Gasteiger partial charge in [-0.2, -0.15) is 13.2 Å². The molecule has 1 aromatic rings. The molecule has 0 aromatic heterocycles. The number of alkyl halides is 3. The lowest BCUT2D eigenvalue weighted by Crippen LogP contribution is -2.34. The van der Waals surface area contributed by atoms with Gasteiger partial charge in [0.05, 0.1) is 5.56 Å². The van der Waals surface area contributed by atoms with Crippen molar-refractivity contribution in [3.05, 3.63) is 48.0 Å². The third-order valence-corrected chi connectivity index (χ3v) is 2.21. The maximum Gasteiger partial charge on any atom is 0.416 e. The molecule has 1 aromatic carbocycles. The van der Waals surface area contributed by atoms with E-state index in [1.165, 1.54) is 6.07 Å². The lowest BCUT2D eigenvalue weighted by atomic mass is 10.0. The van der Waals surface area contributed by atoms with Crippen LogP contribution in [0.5, 0.6) is 0 Å². The highest BCUT2D eigenvalue weighted by Crippen LogP contribution is 2.29. The average molecular weight is 230 g/mol. The van der Waals surface area contributed by atoms with Gasteiger partial charge < -0.3 is 0 Å². The summed E-state index contributed by atoms with van der Waals surface area (Å²) in [4.78, 5) is 0. The number of rotatable bonds is 4. The van der Waals surface area contributed by atoms with Crippen LogP contribution in [0.1, 0.15) is 11.1 Å². The smallest absolute Gasteiger partial charge is 0.271 e. The van der Waals surface area contributed by atoms with Gasteiger partial charge in [-0.1, -0.05) is 24.3 Å². The van der Waals surface area contributed by atoms with Crippen molar-refractivity contribution < 1.29 is 13.2 Å². The standard InChI is InChI=1S/C11H13F3N2/c1-2-10(16-15)7-8-4-3-5-9(6-8)11(12,13)14/h2-6,10,16H,1,7,15H2. The summed E-state index contributed by atoms with van der Waals surface area (Å²) in [7, 11) is 0. The summed E-state index contributed by atoms with van der Waals surface area (Å²) < 4.78 is 37.2. The van der Waals surface area contributed by atoms with Crippen LogP contribution in [0.25, 0.3) is 0 Å². The highest BCUT2D eigenvalue weighted by atomic mass is 19.4. The molecule has 0 saturated heterocycles. The Bertz CT molecular complexity index is 360. The summed E-state index contributed by atoms with van der Waals surface area (Å²) in [5, 5.41) is 0. The minimum absolute atomic E-state index is 0.233. The number of nitrogens with one attached hydrogen (secondary N) is 1. The highest BCUT2D eigenvalue weighted by molar-refractivity contribution is 5.26. The second-order valence-electron chi connectivity index (χ2n) is 3.41. The van der Waals surface area contributed by atoms with E-state index in [2.05, 4.69) is 12.0 Å². The van der Waals surface area contributed by atoms with Crippen LogP contribution in [0.3, 0.4) is 0 Å². The quantitative estimate of drug-likeness (QED) is 0.473. The molecule has 0 aliphatic rings. The van der Waals surface area contributed by atoms with E-state index in [4.69, 9.17) is 5.84 Å². The fourth-order valence-corrected chi connectivity index (χ4v) is 1.34. The van der Waals surface area contributed by atoms with Gasteiger partial charge in [-0.15, -0.1) is 6.58 Å². The monoisotopic (exact) mass is 230 g/mol. The van der Waals surface area contributed by atoms with Crippen LogP contribution in [0.4, 0.5) is 13.2 Å². The molecule has 2 nitrogen and oxygen atoms in total. The summed E-state index contributed by atoms with van der Waals surface area (Å²) in [5.41, 5.74) is 2.38. The minimum Gasteiger partial charge on any atom is -0.271 e. The molecule has 1 rings (SSSR count). The van der Waals surface area contributed by atoms with E-state index in [9.17, 15) is 13.2 Å². The Balaban J connectivity index is 2.86. The molecule has 0 aliphatic carbocycles. The maximum absolute atomic E-state index is 12.4. The van der Waals surface area contributed by atoms with Gasteiger partial charge >= 0.3 is 6.18 Å². The molecule has 0 fully saturated rings. The first-order chi connectivity index (χ1) is 7.47. The molecule has 0 heterocycles. The molecule has 0 bridgehead atoms. The van der Waals surface area contributed by atoms with E-state index >= 15 is 0 Å². The van der Waals surface area contributed by atoms with Crippen molar-refractivity contribution in [1.82, 2.24) is 5.43 Å². The van der Waals surface area contributed by atoms with Crippen molar-refractivity contribution in [2.24, 2.45) is 5.84 Å². The zero-order valence-corrected chi connectivity index (χ0v) is 8.59. The van der Waals surface area contributed by atoms with Gasteiger partial charge in [0.2, 0.25) is 0 Å². The summed E-state index contributed by atoms with van der Waals surface area (Å²) in [6.45, 7) is 3.53. The molecule has 88 valence electrons. The van der Waals surface area contributed by atoms with Gasteiger partial charge in [-0.25, -0.2) is 0 Å². The van der Waals surface area contributed by atoms with E-state index in [-0.39, 0.29) is 6.04 Å². The predicted octanol–water partition coefficient (Wildman–Crippen LogP) is 2.27. The fraction of sp³-hybridized carbons (Fsp3) is 0.273. The molecule has 5 heteroatoms. The zero-order valence-electron chi connectivity index (χ0n) is 8.59. The molecule has 0 spiro atoms. The number of hydrogen-bond acceptors (Lipinski definition) is 2. The summed E-state index contributed by atoms with van der Waals surface area (Å²) in [5.74, 6) is 5.21. The van der Waals surface area contributed by atoms with E-state index in [1.807, 2.05) is 0 Å². The molecular formula is C11H13F3N2. The predicted molar refractivity (Wildman–Crippen MR) is 56.5 cm³/mol. The Labute approximate surface area is 91.9 Å². The largest absolute Gasteiger partial charge is 0.416 e. The first kappa shape index (κ1) is 12.7. The SMILES string of the molecule is C=CC(Cc1cccc(C(F)(F)F)c1)NN. The van der Waals surface area contributed by atoms with Gasteiger partial charge in [0.25, 0.3) is 0 Å². The molecule has 0 aliphatic heterocycles.